The molecule has 2 N–H and O–H groups in total. The van der Waals surface area contributed by atoms with Crippen LogP contribution in [-0.2, 0) is 0 Å². The summed E-state index contributed by atoms with van der Waals surface area (Å²) < 4.78 is 0.912. The molecule has 0 unspecified atom stereocenters. The lowest BCUT2D eigenvalue weighted by Gasteiger charge is -1.90. The van der Waals surface area contributed by atoms with E-state index < -0.39 is 5.91 Å². The average molecular weight is 252 g/mol. The van der Waals surface area contributed by atoms with Crippen molar-refractivity contribution in [3.05, 3.63) is 34.4 Å². The van der Waals surface area contributed by atoms with Crippen molar-refractivity contribution in [2.75, 3.05) is 0 Å². The molecule has 5 heteroatoms. The van der Waals surface area contributed by atoms with E-state index in [1.165, 1.54) is 0 Å². The second kappa shape index (κ2) is 3.34. The molecule has 0 radical (unpaired) electrons. The Labute approximate surface area is 88.0 Å². The third kappa shape index (κ3) is 1.35. The van der Waals surface area contributed by atoms with Crippen molar-refractivity contribution >= 4 is 32.7 Å². The van der Waals surface area contributed by atoms with Gasteiger partial charge in [-0.1, -0.05) is 22.0 Å². The number of carbonyl (C=O) groups excluding carboxylic acids is 1. The Kier molecular flexibility index (Phi) is 2.17. The fraction of sp³-hybridized carbons (Fsp3) is 0. The highest BCUT2D eigenvalue weighted by atomic mass is 79.9. The topological polar surface area (TPSA) is 69.1 Å². The van der Waals surface area contributed by atoms with Gasteiger partial charge in [0.15, 0.2) is 0 Å². The van der Waals surface area contributed by atoms with E-state index in [4.69, 9.17) is 5.53 Å². The molecule has 0 aliphatic carbocycles. The van der Waals surface area contributed by atoms with Crippen molar-refractivity contribution in [1.82, 2.24) is 4.98 Å². The number of H-pyrrole nitrogens is 1. The lowest BCUT2D eigenvalue weighted by atomic mass is 10.2. The molecule has 0 atom stereocenters. The van der Waals surface area contributed by atoms with E-state index in [0.29, 0.717) is 5.69 Å². The molecule has 1 amide bonds. The number of benzene rings is 1. The molecule has 0 saturated heterocycles. The summed E-state index contributed by atoms with van der Waals surface area (Å²) in [6.07, 6.45) is 0. The van der Waals surface area contributed by atoms with Crippen LogP contribution in [0, 0.1) is 5.53 Å². The maximum Gasteiger partial charge on any atom is 0.311 e. The van der Waals surface area contributed by atoms with Crippen LogP contribution in [-0.4, -0.2) is 10.9 Å². The highest BCUT2D eigenvalue weighted by Gasteiger charge is 2.09. The van der Waals surface area contributed by atoms with Gasteiger partial charge in [0, 0.05) is 15.4 Å². The second-order valence-corrected chi connectivity index (χ2v) is 3.66. The SMILES string of the molecule is N=NC(=O)c1cc2c(Br)cccc2[nH]1. The molecule has 0 saturated carbocycles. The van der Waals surface area contributed by atoms with Crippen LogP contribution in [0.25, 0.3) is 10.9 Å². The summed E-state index contributed by atoms with van der Waals surface area (Å²) in [7, 11) is 0. The van der Waals surface area contributed by atoms with Gasteiger partial charge in [-0.05, 0) is 18.2 Å². The van der Waals surface area contributed by atoms with Crippen LogP contribution in [0.1, 0.15) is 10.5 Å². The molecule has 1 aromatic heterocycles. The normalized spacial score (nSPS) is 10.4. The molecular formula is C9H6BrN3O. The van der Waals surface area contributed by atoms with Gasteiger partial charge in [0.05, 0.1) is 0 Å². The first kappa shape index (κ1) is 9.08. The lowest BCUT2D eigenvalue weighted by molar-refractivity contribution is 0.0987. The number of carbonyl (C=O) groups is 1. The molecule has 0 bridgehead atoms. The molecule has 70 valence electrons. The average Bonchev–Trinajstić information content (AvgIpc) is 2.62. The molecule has 14 heavy (non-hydrogen) atoms. The number of hydrogen-bond donors (Lipinski definition) is 2. The van der Waals surface area contributed by atoms with Crippen LogP contribution in [0.3, 0.4) is 0 Å². The Morgan fingerprint density at radius 1 is 1.50 bits per heavy atom. The summed E-state index contributed by atoms with van der Waals surface area (Å²) in [4.78, 5) is 14.0. The van der Waals surface area contributed by atoms with Gasteiger partial charge >= 0.3 is 5.91 Å². The summed E-state index contributed by atoms with van der Waals surface area (Å²) >= 11 is 3.37. The van der Waals surface area contributed by atoms with Crippen LogP contribution in [0.2, 0.25) is 0 Å². The van der Waals surface area contributed by atoms with E-state index in [-0.39, 0.29) is 0 Å². The van der Waals surface area contributed by atoms with Crippen LogP contribution in [0.5, 0.6) is 0 Å². The second-order valence-electron chi connectivity index (χ2n) is 2.80. The van der Waals surface area contributed by atoms with Crippen molar-refractivity contribution < 1.29 is 4.79 Å². The molecule has 0 spiro atoms. The number of halogens is 1. The van der Waals surface area contributed by atoms with E-state index in [2.05, 4.69) is 26.0 Å². The Bertz CT molecular complexity index is 518. The van der Waals surface area contributed by atoms with Crippen molar-refractivity contribution in [2.24, 2.45) is 5.11 Å². The van der Waals surface area contributed by atoms with Gasteiger partial charge in [-0.25, -0.2) is 5.53 Å². The van der Waals surface area contributed by atoms with Crippen LogP contribution >= 0.6 is 15.9 Å². The van der Waals surface area contributed by atoms with Crippen molar-refractivity contribution in [1.29, 1.82) is 5.53 Å². The van der Waals surface area contributed by atoms with Gasteiger partial charge in [-0.2, -0.15) is 0 Å². The zero-order valence-electron chi connectivity index (χ0n) is 7.04. The minimum Gasteiger partial charge on any atom is -0.350 e. The molecule has 0 aliphatic rings. The largest absolute Gasteiger partial charge is 0.350 e. The first-order chi connectivity index (χ1) is 6.72. The monoisotopic (exact) mass is 251 g/mol. The zero-order chi connectivity index (χ0) is 10.1. The Morgan fingerprint density at radius 3 is 2.93 bits per heavy atom. The standard InChI is InChI=1S/C9H6BrN3O/c10-6-2-1-3-7-5(6)4-8(12-7)9(14)13-11/h1-4,11-12H. The first-order valence-corrected chi connectivity index (χ1v) is 4.70. The highest BCUT2D eigenvalue weighted by molar-refractivity contribution is 9.10. The molecular weight excluding hydrogens is 246 g/mol. The van der Waals surface area contributed by atoms with Gasteiger partial charge < -0.3 is 4.98 Å². The van der Waals surface area contributed by atoms with Gasteiger partial charge in [0.25, 0.3) is 0 Å². The number of nitrogens with zero attached hydrogens (tertiary/aromatic N) is 1. The van der Waals surface area contributed by atoms with Crippen LogP contribution < -0.4 is 0 Å². The number of fused-ring (bicyclic) bond motifs is 1. The number of amides is 1. The van der Waals surface area contributed by atoms with Crippen molar-refractivity contribution in [3.63, 3.8) is 0 Å². The predicted molar refractivity (Wildman–Crippen MR) is 55.5 cm³/mol. The molecule has 0 aliphatic heterocycles. The van der Waals surface area contributed by atoms with Gasteiger partial charge in [0.1, 0.15) is 5.69 Å². The quantitative estimate of drug-likeness (QED) is 0.752. The molecule has 1 heterocycles. The summed E-state index contributed by atoms with van der Waals surface area (Å²) in [6, 6.07) is 7.30. The third-order valence-electron chi connectivity index (χ3n) is 1.94. The summed E-state index contributed by atoms with van der Waals surface area (Å²) in [5.74, 6) is -0.562. The van der Waals surface area contributed by atoms with Crippen LogP contribution in [0.15, 0.2) is 33.9 Å². The predicted octanol–water partition coefficient (Wildman–Crippen LogP) is 3.10. The number of rotatable bonds is 1. The lowest BCUT2D eigenvalue weighted by Crippen LogP contribution is -1.91. The maximum absolute atomic E-state index is 11.1. The van der Waals surface area contributed by atoms with E-state index in [1.807, 2.05) is 18.2 Å². The Hall–Kier alpha value is -1.49. The van der Waals surface area contributed by atoms with Gasteiger partial charge in [0.2, 0.25) is 0 Å². The molecule has 4 nitrogen and oxygen atoms in total. The van der Waals surface area contributed by atoms with E-state index in [9.17, 15) is 4.79 Å². The van der Waals surface area contributed by atoms with Crippen LogP contribution in [0.4, 0.5) is 0 Å². The van der Waals surface area contributed by atoms with E-state index >= 15 is 0 Å². The maximum atomic E-state index is 11.1. The van der Waals surface area contributed by atoms with Crippen molar-refractivity contribution in [3.8, 4) is 0 Å². The Balaban J connectivity index is 2.68. The number of nitrogens with one attached hydrogen (secondary N) is 2. The molecule has 0 fully saturated rings. The molecule has 2 rings (SSSR count). The highest BCUT2D eigenvalue weighted by Crippen LogP contribution is 2.24. The summed E-state index contributed by atoms with van der Waals surface area (Å²) in [6.45, 7) is 0. The number of hydrogen-bond acceptors (Lipinski definition) is 2. The smallest absolute Gasteiger partial charge is 0.311 e. The minimum atomic E-state index is -0.562. The minimum absolute atomic E-state index is 0.335. The fourth-order valence-electron chi connectivity index (χ4n) is 1.29. The number of aromatic amines is 1. The zero-order valence-corrected chi connectivity index (χ0v) is 8.63. The molecule has 1 aromatic carbocycles. The van der Waals surface area contributed by atoms with Crippen molar-refractivity contribution in [2.45, 2.75) is 0 Å². The first-order valence-electron chi connectivity index (χ1n) is 3.91. The van der Waals surface area contributed by atoms with Gasteiger partial charge in [-0.3, -0.25) is 4.79 Å². The third-order valence-corrected chi connectivity index (χ3v) is 2.63. The molecule has 2 aromatic rings. The van der Waals surface area contributed by atoms with E-state index in [1.54, 1.807) is 6.07 Å². The number of aromatic nitrogens is 1. The van der Waals surface area contributed by atoms with Gasteiger partial charge in [-0.15, -0.1) is 5.11 Å². The van der Waals surface area contributed by atoms with E-state index in [0.717, 1.165) is 15.4 Å². The Morgan fingerprint density at radius 2 is 2.29 bits per heavy atom. The fourth-order valence-corrected chi connectivity index (χ4v) is 1.77. The summed E-state index contributed by atoms with van der Waals surface area (Å²) in [5.41, 5.74) is 7.81. The summed E-state index contributed by atoms with van der Waals surface area (Å²) in [5, 5.41) is 3.76.